The number of fused-ring (bicyclic) bond motifs is 1. The molecule has 5 atom stereocenters. The molecule has 2 saturated carbocycles. The van der Waals surface area contributed by atoms with E-state index in [1.54, 1.807) is 0 Å². The maximum Gasteiger partial charge on any atom is 0.438 e. The Balaban J connectivity index is 1.97. The van der Waals surface area contributed by atoms with Crippen molar-refractivity contribution in [2.24, 2.45) is 23.7 Å². The fourth-order valence-electron chi connectivity index (χ4n) is 4.29. The minimum Gasteiger partial charge on any atom is -0.462 e. The molecule has 2 bridgehead atoms. The van der Waals surface area contributed by atoms with Crippen LogP contribution in [0.3, 0.4) is 0 Å². The van der Waals surface area contributed by atoms with E-state index in [0.29, 0.717) is 0 Å². The Morgan fingerprint density at radius 2 is 1.70 bits per heavy atom. The van der Waals surface area contributed by atoms with Crippen LogP contribution in [0, 0.1) is 23.7 Å². The lowest BCUT2D eigenvalue weighted by atomic mass is 9.80. The van der Waals surface area contributed by atoms with Crippen LogP contribution < -0.4 is 0 Å². The first kappa shape index (κ1) is 20.2. The molecule has 0 radical (unpaired) electrons. The van der Waals surface area contributed by atoms with Crippen molar-refractivity contribution < 1.29 is 58.4 Å². The highest BCUT2D eigenvalue weighted by Crippen LogP contribution is 2.59. The van der Waals surface area contributed by atoms with Crippen molar-refractivity contribution in [3.05, 3.63) is 0 Å². The number of hydrogen-bond acceptors (Lipinski definition) is 6. The van der Waals surface area contributed by atoms with Crippen LogP contribution in [-0.4, -0.2) is 54.7 Å². The zero-order valence-corrected chi connectivity index (χ0v) is 13.9. The number of halogens is 6. The summed E-state index contributed by atoms with van der Waals surface area (Å²) in [5.74, 6) is -9.91. The zero-order valence-electron chi connectivity index (χ0n) is 13.1. The van der Waals surface area contributed by atoms with Gasteiger partial charge in [0.2, 0.25) is 0 Å². The Bertz CT molecular complexity index is 757. The largest absolute Gasteiger partial charge is 0.462 e. The van der Waals surface area contributed by atoms with Crippen LogP contribution in [0.2, 0.25) is 0 Å². The molecule has 154 valence electrons. The molecule has 0 aromatic heterocycles. The van der Waals surface area contributed by atoms with Crippen LogP contribution in [0.4, 0.5) is 26.3 Å². The molecule has 7 nitrogen and oxygen atoms in total. The van der Waals surface area contributed by atoms with Crippen molar-refractivity contribution in [2.45, 2.75) is 36.9 Å². The van der Waals surface area contributed by atoms with Gasteiger partial charge in [0.1, 0.15) is 11.9 Å². The van der Waals surface area contributed by atoms with Crippen molar-refractivity contribution in [3.8, 4) is 0 Å². The molecule has 3 aliphatic rings. The molecular formula is C13H12F6O7S. The van der Waals surface area contributed by atoms with Crippen molar-refractivity contribution in [1.82, 2.24) is 0 Å². The number of carbonyl (C=O) groups excluding carboxylic acids is 2. The highest BCUT2D eigenvalue weighted by molar-refractivity contribution is 7.85. The SMILES string of the molecule is O=C(OC(CS(=O)(=O)O)(C(F)(F)F)C(F)(F)F)C1C2CC3OC(=O)C1C3C2. The van der Waals surface area contributed by atoms with Gasteiger partial charge >= 0.3 is 29.9 Å². The Hall–Kier alpha value is -1.57. The lowest BCUT2D eigenvalue weighted by Gasteiger charge is -2.37. The summed E-state index contributed by atoms with van der Waals surface area (Å²) in [6.45, 7) is 0. The molecule has 0 aromatic carbocycles. The molecule has 27 heavy (non-hydrogen) atoms. The lowest BCUT2D eigenvalue weighted by molar-refractivity contribution is -0.362. The second-order valence-corrected chi connectivity index (χ2v) is 8.34. The van der Waals surface area contributed by atoms with E-state index in [2.05, 4.69) is 4.74 Å². The Morgan fingerprint density at radius 3 is 2.19 bits per heavy atom. The highest BCUT2D eigenvalue weighted by atomic mass is 32.2. The molecule has 2 aliphatic carbocycles. The maximum absolute atomic E-state index is 13.2. The van der Waals surface area contributed by atoms with Gasteiger partial charge in [-0.15, -0.1) is 0 Å². The van der Waals surface area contributed by atoms with Gasteiger partial charge < -0.3 is 9.47 Å². The number of esters is 2. The second-order valence-electron chi connectivity index (χ2n) is 6.89. The molecule has 5 unspecified atom stereocenters. The van der Waals surface area contributed by atoms with E-state index in [9.17, 15) is 44.3 Å². The predicted molar refractivity (Wildman–Crippen MR) is 70.4 cm³/mol. The van der Waals surface area contributed by atoms with Gasteiger partial charge in [0.25, 0.3) is 10.1 Å². The van der Waals surface area contributed by atoms with Crippen LogP contribution in [0.15, 0.2) is 0 Å². The smallest absolute Gasteiger partial charge is 0.438 e. The molecule has 1 aliphatic heterocycles. The van der Waals surface area contributed by atoms with Crippen LogP contribution in [0.25, 0.3) is 0 Å². The fraction of sp³-hybridized carbons (Fsp3) is 0.846. The minimum absolute atomic E-state index is 0.0933. The predicted octanol–water partition coefficient (Wildman–Crippen LogP) is 1.48. The summed E-state index contributed by atoms with van der Waals surface area (Å²) < 4.78 is 118. The van der Waals surface area contributed by atoms with E-state index < -0.39 is 75.5 Å². The average Bonchev–Trinajstić information content (AvgIpc) is 3.03. The van der Waals surface area contributed by atoms with Gasteiger partial charge in [0.15, 0.2) is 0 Å². The van der Waals surface area contributed by atoms with Crippen LogP contribution in [-0.2, 0) is 29.2 Å². The summed E-state index contributed by atoms with van der Waals surface area (Å²) in [6.07, 6.45) is -13.0. The molecule has 3 rings (SSSR count). The Kier molecular flexibility index (Phi) is 4.27. The monoisotopic (exact) mass is 426 g/mol. The molecular weight excluding hydrogens is 414 g/mol. The van der Waals surface area contributed by atoms with E-state index >= 15 is 0 Å². The number of rotatable bonds is 4. The summed E-state index contributed by atoms with van der Waals surface area (Å²) in [7, 11) is -5.86. The third-order valence-electron chi connectivity index (χ3n) is 5.33. The van der Waals surface area contributed by atoms with Crippen LogP contribution >= 0.6 is 0 Å². The van der Waals surface area contributed by atoms with Crippen molar-refractivity contribution in [2.75, 3.05) is 5.75 Å². The van der Waals surface area contributed by atoms with Crippen LogP contribution in [0.1, 0.15) is 12.8 Å². The summed E-state index contributed by atoms with van der Waals surface area (Å²) in [6, 6.07) is 0. The van der Waals surface area contributed by atoms with Crippen molar-refractivity contribution in [3.63, 3.8) is 0 Å². The second kappa shape index (κ2) is 5.72. The Morgan fingerprint density at radius 1 is 1.15 bits per heavy atom. The number of ether oxygens (including phenoxy) is 2. The number of carbonyl (C=O) groups is 2. The van der Waals surface area contributed by atoms with Gasteiger partial charge in [0, 0.05) is 5.92 Å². The quantitative estimate of drug-likeness (QED) is 0.412. The van der Waals surface area contributed by atoms with E-state index in [1.165, 1.54) is 0 Å². The topological polar surface area (TPSA) is 107 Å². The van der Waals surface area contributed by atoms with Crippen molar-refractivity contribution >= 4 is 22.1 Å². The minimum atomic E-state index is -6.40. The standard InChI is InChI=1S/C13H12F6O7S/c14-12(15,16)11(13(17,18)19,3-27(22,23)24)26-10(21)7-4-1-5-6(2-4)25-9(20)8(5)7/h4-8H,1-3H2,(H,22,23,24). The fourth-order valence-corrected chi connectivity index (χ4v) is 5.19. The molecule has 0 amide bonds. The summed E-state index contributed by atoms with van der Waals surface area (Å²) in [5.41, 5.74) is -5.46. The van der Waals surface area contributed by atoms with E-state index in [4.69, 9.17) is 9.29 Å². The first-order chi connectivity index (χ1) is 12.1. The molecule has 1 N–H and O–H groups in total. The van der Waals surface area contributed by atoms with E-state index in [0.717, 1.165) is 0 Å². The first-order valence-corrected chi connectivity index (χ1v) is 9.20. The third kappa shape index (κ3) is 3.05. The average molecular weight is 426 g/mol. The molecule has 3 fully saturated rings. The maximum atomic E-state index is 13.2. The van der Waals surface area contributed by atoms with Gasteiger partial charge in [-0.3, -0.25) is 14.1 Å². The van der Waals surface area contributed by atoms with Gasteiger partial charge in [-0.1, -0.05) is 0 Å². The molecule has 0 aromatic rings. The van der Waals surface area contributed by atoms with E-state index in [-0.39, 0.29) is 12.8 Å². The molecule has 1 saturated heterocycles. The number of alkyl halides is 6. The lowest BCUT2D eigenvalue weighted by Crippen LogP contribution is -2.64. The first-order valence-electron chi connectivity index (χ1n) is 7.59. The summed E-state index contributed by atoms with van der Waals surface area (Å²) in [4.78, 5) is 24.0. The summed E-state index contributed by atoms with van der Waals surface area (Å²) >= 11 is 0. The van der Waals surface area contributed by atoms with Gasteiger partial charge in [-0.25, -0.2) is 0 Å². The van der Waals surface area contributed by atoms with E-state index in [1.807, 2.05) is 0 Å². The van der Waals surface area contributed by atoms with Gasteiger partial charge in [0.05, 0.1) is 11.8 Å². The summed E-state index contributed by atoms with van der Waals surface area (Å²) in [5, 5.41) is 0. The highest BCUT2D eigenvalue weighted by Gasteiger charge is 2.77. The third-order valence-corrected chi connectivity index (χ3v) is 6.10. The van der Waals surface area contributed by atoms with Gasteiger partial charge in [-0.05, 0) is 18.8 Å². The Labute approximate surface area is 147 Å². The normalized spacial score (nSPS) is 33.3. The number of hydrogen-bond donors (Lipinski definition) is 1. The van der Waals surface area contributed by atoms with Crippen molar-refractivity contribution in [1.29, 1.82) is 0 Å². The molecule has 14 heteroatoms. The molecule has 1 heterocycles. The molecule has 0 spiro atoms. The zero-order chi connectivity index (χ0) is 20.6. The van der Waals surface area contributed by atoms with Crippen LogP contribution in [0.5, 0.6) is 0 Å². The van der Waals surface area contributed by atoms with Gasteiger partial charge in [-0.2, -0.15) is 34.8 Å².